The second-order valence-corrected chi connectivity index (χ2v) is 18.9. The van der Waals surface area contributed by atoms with Crippen LogP contribution < -0.4 is 0 Å². The van der Waals surface area contributed by atoms with Gasteiger partial charge in [-0.15, -0.1) is 0 Å². The minimum atomic E-state index is -0.807. The zero-order valence-electron chi connectivity index (χ0n) is 22.6. The van der Waals surface area contributed by atoms with Crippen molar-refractivity contribution in [1.82, 2.24) is 0 Å². The highest BCUT2D eigenvalue weighted by atomic mass is 32.2. The summed E-state index contributed by atoms with van der Waals surface area (Å²) < 4.78 is 12.1. The Morgan fingerprint density at radius 3 is 1.31 bits per heavy atom. The molecule has 0 amide bonds. The summed E-state index contributed by atoms with van der Waals surface area (Å²) in [6.07, 6.45) is 2.54. The molecular formula is C24H44O6S9. The summed E-state index contributed by atoms with van der Waals surface area (Å²) in [6.45, 7) is 0.367. The second kappa shape index (κ2) is 32.9. The Morgan fingerprint density at radius 2 is 0.872 bits per heavy atom. The molecule has 6 nitrogen and oxygen atoms in total. The molecule has 1 atom stereocenters. The summed E-state index contributed by atoms with van der Waals surface area (Å²) in [5, 5.41) is 18.1. The summed E-state index contributed by atoms with van der Waals surface area (Å²) in [4.78, 5) is 35.6. The van der Waals surface area contributed by atoms with Crippen molar-refractivity contribution >= 4 is 121 Å². The molecule has 0 fully saturated rings. The monoisotopic (exact) mass is 716 g/mol. The molecule has 1 unspecified atom stereocenters. The van der Waals surface area contributed by atoms with Gasteiger partial charge in [-0.05, 0) is 5.75 Å². The van der Waals surface area contributed by atoms with Crippen molar-refractivity contribution in [2.45, 2.75) is 25.7 Å². The van der Waals surface area contributed by atoms with E-state index in [-0.39, 0.29) is 28.6 Å². The fourth-order valence-electron chi connectivity index (χ4n) is 2.54. The highest BCUT2D eigenvalue weighted by Crippen LogP contribution is 2.17. The molecule has 39 heavy (non-hydrogen) atoms. The van der Waals surface area contributed by atoms with Crippen LogP contribution >= 0.6 is 94.1 Å². The molecule has 0 saturated carbocycles. The number of hydrogen-bond donors (Lipinski definition) is 2. The van der Waals surface area contributed by atoms with Crippen LogP contribution in [0.15, 0.2) is 0 Å². The molecule has 0 bridgehead atoms. The first-order valence-electron chi connectivity index (χ1n) is 12.9. The number of rotatable bonds is 29. The molecule has 0 rings (SSSR count). The van der Waals surface area contributed by atoms with Crippen LogP contribution in [0.3, 0.4) is 0 Å². The number of carbonyl (C=O) groups excluding carboxylic acids is 3. The number of thioether (sulfide) groups is 8. The molecule has 0 aromatic heterocycles. The van der Waals surface area contributed by atoms with Crippen LogP contribution in [0.4, 0.5) is 0 Å². The van der Waals surface area contributed by atoms with Crippen molar-refractivity contribution in [3.8, 4) is 0 Å². The van der Waals surface area contributed by atoms with Crippen LogP contribution in [0.2, 0.25) is 0 Å². The lowest BCUT2D eigenvalue weighted by atomic mass is 10.5. The molecule has 230 valence electrons. The van der Waals surface area contributed by atoms with Crippen molar-refractivity contribution in [2.24, 2.45) is 0 Å². The molecule has 0 aliphatic heterocycles. The smallest absolute Gasteiger partial charge is 0.189 e. The van der Waals surface area contributed by atoms with Crippen molar-refractivity contribution in [1.29, 1.82) is 0 Å². The second-order valence-electron chi connectivity index (χ2n) is 7.62. The first-order valence-corrected chi connectivity index (χ1v) is 23.1. The standard InChI is InChI=1S/C24H44O6S9/c25-5-11-33-13-16-36-22(27)2-8-31-7-1-20-39(30)21-19-35-15-18-38-24(29)4-10-32-9-3-23(28)37-17-14-34-12-6-26/h25-26H,1-21H2. The normalized spacial score (nSPS) is 12.1. The lowest BCUT2D eigenvalue weighted by Crippen LogP contribution is -2.14. The van der Waals surface area contributed by atoms with Gasteiger partial charge in [0.1, 0.15) is 11.5 Å². The van der Waals surface area contributed by atoms with Gasteiger partial charge in [0.25, 0.3) is 0 Å². The molecule has 0 aliphatic rings. The Hall–Kier alpha value is 2.04. The van der Waals surface area contributed by atoms with Crippen molar-refractivity contribution in [2.75, 3.05) is 99.5 Å². The van der Waals surface area contributed by atoms with Crippen LogP contribution in [-0.2, 0) is 25.6 Å². The summed E-state index contributed by atoms with van der Waals surface area (Å²) in [5.41, 5.74) is 0. The SMILES string of the molecule is O=C(CCSCCC[S+]([O-])CCSCCSC(=O)CCSCCC(=O)SCCSCCO)SCCSCCO. The third-order valence-corrected chi connectivity index (χ3v) is 14.6. The summed E-state index contributed by atoms with van der Waals surface area (Å²) in [5.74, 6) is 12.0. The van der Waals surface area contributed by atoms with E-state index in [2.05, 4.69) is 0 Å². The average molecular weight is 717 g/mol. The molecule has 0 spiro atoms. The predicted octanol–water partition coefficient (Wildman–Crippen LogP) is 4.73. The van der Waals surface area contributed by atoms with E-state index < -0.39 is 11.2 Å². The van der Waals surface area contributed by atoms with E-state index in [1.165, 1.54) is 35.3 Å². The van der Waals surface area contributed by atoms with Crippen LogP contribution in [0.5, 0.6) is 0 Å². The molecule has 0 aromatic carbocycles. The van der Waals surface area contributed by atoms with Crippen molar-refractivity contribution < 1.29 is 29.1 Å². The van der Waals surface area contributed by atoms with Gasteiger partial charge >= 0.3 is 0 Å². The molecule has 15 heteroatoms. The zero-order chi connectivity index (χ0) is 28.8. The van der Waals surface area contributed by atoms with E-state index in [9.17, 15) is 18.9 Å². The Morgan fingerprint density at radius 1 is 0.487 bits per heavy atom. The van der Waals surface area contributed by atoms with Gasteiger partial charge in [-0.1, -0.05) is 46.5 Å². The first kappa shape index (κ1) is 41.0. The van der Waals surface area contributed by atoms with Crippen LogP contribution in [-0.4, -0.2) is 130 Å². The van der Waals surface area contributed by atoms with Crippen LogP contribution in [0.25, 0.3) is 0 Å². The summed E-state index contributed by atoms with van der Waals surface area (Å²) in [7, 11) is 0. The largest absolute Gasteiger partial charge is 0.616 e. The fourth-order valence-corrected chi connectivity index (χ4v) is 11.5. The topological polar surface area (TPSA) is 115 Å². The van der Waals surface area contributed by atoms with E-state index >= 15 is 0 Å². The lowest BCUT2D eigenvalue weighted by Gasteiger charge is -2.10. The van der Waals surface area contributed by atoms with E-state index in [1.54, 1.807) is 58.8 Å². The molecule has 0 aliphatic carbocycles. The van der Waals surface area contributed by atoms with Gasteiger partial charge in [-0.2, -0.15) is 58.8 Å². The third kappa shape index (κ3) is 32.8. The molecule has 0 saturated heterocycles. The number of aliphatic hydroxyl groups is 2. The maximum absolute atomic E-state index is 12.1. The lowest BCUT2D eigenvalue weighted by molar-refractivity contribution is -0.111. The van der Waals surface area contributed by atoms with Crippen molar-refractivity contribution in [3.63, 3.8) is 0 Å². The average Bonchev–Trinajstić information content (AvgIpc) is 2.92. The van der Waals surface area contributed by atoms with Gasteiger partial charge in [0.05, 0.1) is 13.2 Å². The fraction of sp³-hybridized carbons (Fsp3) is 0.875. The Bertz CT molecular complexity index is 604. The highest BCUT2D eigenvalue weighted by Gasteiger charge is 2.08. The summed E-state index contributed by atoms with van der Waals surface area (Å²) >= 11 is 11.8. The van der Waals surface area contributed by atoms with Gasteiger partial charge < -0.3 is 14.8 Å². The maximum atomic E-state index is 12.1. The number of carbonyl (C=O) groups is 3. The van der Waals surface area contributed by atoms with E-state index in [0.717, 1.165) is 81.2 Å². The van der Waals surface area contributed by atoms with Gasteiger partial charge in [0.2, 0.25) is 0 Å². The van der Waals surface area contributed by atoms with Gasteiger partial charge in [0.15, 0.2) is 15.3 Å². The van der Waals surface area contributed by atoms with Gasteiger partial charge in [-0.25, -0.2) is 0 Å². The molecule has 0 heterocycles. The maximum Gasteiger partial charge on any atom is 0.189 e. The van der Waals surface area contributed by atoms with Gasteiger partial charge in [-0.3, -0.25) is 14.4 Å². The highest BCUT2D eigenvalue weighted by molar-refractivity contribution is 8.15. The van der Waals surface area contributed by atoms with E-state index in [0.29, 0.717) is 30.8 Å². The van der Waals surface area contributed by atoms with Crippen LogP contribution in [0, 0.1) is 0 Å². The van der Waals surface area contributed by atoms with E-state index in [4.69, 9.17) is 10.2 Å². The van der Waals surface area contributed by atoms with Crippen LogP contribution in [0.1, 0.15) is 25.7 Å². The van der Waals surface area contributed by atoms with E-state index in [1.807, 2.05) is 0 Å². The zero-order valence-corrected chi connectivity index (χ0v) is 29.9. The minimum Gasteiger partial charge on any atom is -0.616 e. The molecule has 0 aromatic rings. The molecular weight excluding hydrogens is 673 g/mol. The Balaban J connectivity index is 3.41. The van der Waals surface area contributed by atoms with Gasteiger partial charge in [0, 0.05) is 94.7 Å². The first-order chi connectivity index (χ1) is 19.0. The summed E-state index contributed by atoms with van der Waals surface area (Å²) in [6, 6.07) is 0. The molecule has 0 radical (unpaired) electrons. The number of aliphatic hydroxyl groups excluding tert-OH is 2. The minimum absolute atomic E-state index is 0.180. The quantitative estimate of drug-likeness (QED) is 0.0822. The Labute approximate surface area is 272 Å². The predicted molar refractivity (Wildman–Crippen MR) is 190 cm³/mol. The Kier molecular flexibility index (Phi) is 34.7. The number of hydrogen-bond acceptors (Lipinski definition) is 14. The third-order valence-electron chi connectivity index (χ3n) is 4.41. The van der Waals surface area contributed by atoms with Crippen molar-refractivity contribution in [3.05, 3.63) is 0 Å². The molecule has 2 N–H and O–H groups in total.